The molecule has 0 unspecified atom stereocenters. The van der Waals surface area contributed by atoms with Gasteiger partial charge in [0.2, 0.25) is 0 Å². The first-order valence-electron chi connectivity index (χ1n) is 6.58. The molecule has 0 fully saturated rings. The van der Waals surface area contributed by atoms with Crippen molar-refractivity contribution in [2.45, 2.75) is 13.3 Å². The van der Waals surface area contributed by atoms with E-state index in [0.717, 1.165) is 28.3 Å². The fourth-order valence-electron chi connectivity index (χ4n) is 2.44. The van der Waals surface area contributed by atoms with Crippen molar-refractivity contribution in [2.24, 2.45) is 0 Å². The molecule has 2 aliphatic rings. The zero-order valence-electron chi connectivity index (χ0n) is 11.1. The number of thiazole rings is 1. The Morgan fingerprint density at radius 1 is 1.30 bits per heavy atom. The number of rotatable bonds is 2. The van der Waals surface area contributed by atoms with Gasteiger partial charge in [-0.3, -0.25) is 0 Å². The Kier molecular flexibility index (Phi) is 2.57. The molecule has 0 amide bonds. The summed E-state index contributed by atoms with van der Waals surface area (Å²) >= 11 is 1.68. The van der Waals surface area contributed by atoms with Crippen molar-refractivity contribution in [3.05, 3.63) is 57.6 Å². The molecule has 3 nitrogen and oxygen atoms in total. The molecular formula is C16H13N3S. The van der Waals surface area contributed by atoms with Crippen LogP contribution in [0.4, 0.5) is 10.9 Å². The van der Waals surface area contributed by atoms with Gasteiger partial charge in [0.15, 0.2) is 5.13 Å². The van der Waals surface area contributed by atoms with E-state index in [2.05, 4.69) is 34.6 Å². The van der Waals surface area contributed by atoms with E-state index in [-0.39, 0.29) is 0 Å². The first-order valence-corrected chi connectivity index (χ1v) is 7.40. The number of anilines is 2. The monoisotopic (exact) mass is 279 g/mol. The second kappa shape index (κ2) is 4.42. The first kappa shape index (κ1) is 11.6. The zero-order valence-corrected chi connectivity index (χ0v) is 11.9. The van der Waals surface area contributed by atoms with E-state index >= 15 is 0 Å². The minimum atomic E-state index is 0.840. The van der Waals surface area contributed by atoms with Gasteiger partial charge in [-0.05, 0) is 42.2 Å². The van der Waals surface area contributed by atoms with E-state index < -0.39 is 0 Å². The molecule has 4 heteroatoms. The average Bonchev–Trinajstić information content (AvgIpc) is 2.98. The number of hydrogen-bond acceptors (Lipinski definition) is 4. The van der Waals surface area contributed by atoms with E-state index in [9.17, 15) is 0 Å². The summed E-state index contributed by atoms with van der Waals surface area (Å²) in [5, 5.41) is 5.31. The van der Waals surface area contributed by atoms with E-state index in [4.69, 9.17) is 4.98 Å². The average molecular weight is 279 g/mol. The van der Waals surface area contributed by atoms with Gasteiger partial charge in [-0.15, -0.1) is 0 Å². The summed E-state index contributed by atoms with van der Waals surface area (Å²) in [6.45, 7) is 2.03. The maximum Gasteiger partial charge on any atom is 0.189 e. The lowest BCUT2D eigenvalue weighted by Crippen LogP contribution is -2.19. The predicted molar refractivity (Wildman–Crippen MR) is 83.3 cm³/mol. The third kappa shape index (κ3) is 1.89. The number of nitrogens with one attached hydrogen (secondary N) is 1. The SMILES string of the molecule is Cc1ccc(Nc2nc3c(s2)=CC2=CC=CCC=32)nc1. The van der Waals surface area contributed by atoms with Gasteiger partial charge in [0.05, 0.1) is 9.88 Å². The van der Waals surface area contributed by atoms with Gasteiger partial charge in [-0.25, -0.2) is 9.97 Å². The maximum absolute atomic E-state index is 4.72. The summed E-state index contributed by atoms with van der Waals surface area (Å²) < 4.78 is 1.24. The topological polar surface area (TPSA) is 37.8 Å². The highest BCUT2D eigenvalue weighted by atomic mass is 32.1. The molecule has 0 radical (unpaired) electrons. The quantitative estimate of drug-likeness (QED) is 0.917. The molecule has 0 bridgehead atoms. The molecule has 2 heterocycles. The molecule has 0 atom stereocenters. The highest BCUT2D eigenvalue weighted by Gasteiger charge is 2.15. The molecular weight excluding hydrogens is 266 g/mol. The van der Waals surface area contributed by atoms with Crippen LogP contribution in [0.2, 0.25) is 0 Å². The number of hydrogen-bond donors (Lipinski definition) is 1. The molecule has 2 aromatic rings. The summed E-state index contributed by atoms with van der Waals surface area (Å²) in [4.78, 5) is 9.07. The second-order valence-electron chi connectivity index (χ2n) is 4.95. The van der Waals surface area contributed by atoms with E-state index in [1.807, 2.05) is 25.3 Å². The molecule has 0 saturated carbocycles. The lowest BCUT2D eigenvalue weighted by atomic mass is 10.0. The van der Waals surface area contributed by atoms with Crippen LogP contribution in [0.5, 0.6) is 0 Å². The van der Waals surface area contributed by atoms with Gasteiger partial charge < -0.3 is 5.32 Å². The molecule has 98 valence electrons. The fourth-order valence-corrected chi connectivity index (χ4v) is 3.39. The van der Waals surface area contributed by atoms with Crippen LogP contribution >= 0.6 is 11.3 Å². The Balaban J connectivity index is 1.71. The van der Waals surface area contributed by atoms with Crippen molar-refractivity contribution in [3.63, 3.8) is 0 Å². The van der Waals surface area contributed by atoms with Gasteiger partial charge in [0.1, 0.15) is 5.82 Å². The number of aryl methyl sites for hydroxylation is 1. The molecule has 20 heavy (non-hydrogen) atoms. The van der Waals surface area contributed by atoms with Gasteiger partial charge in [0.25, 0.3) is 0 Å². The van der Waals surface area contributed by atoms with Gasteiger partial charge in [0, 0.05) is 6.20 Å². The van der Waals surface area contributed by atoms with Crippen molar-refractivity contribution >= 4 is 33.9 Å². The predicted octanol–water partition coefficient (Wildman–Crippen LogP) is 2.42. The summed E-state index contributed by atoms with van der Waals surface area (Å²) in [6, 6.07) is 4.03. The number of nitrogens with zero attached hydrogens (tertiary/aromatic N) is 2. The Bertz CT molecular complexity index is 854. The van der Waals surface area contributed by atoms with Crippen molar-refractivity contribution in [1.82, 2.24) is 9.97 Å². The smallest absolute Gasteiger partial charge is 0.189 e. The third-order valence-corrected chi connectivity index (χ3v) is 4.37. The second-order valence-corrected chi connectivity index (χ2v) is 5.99. The Labute approximate surface area is 120 Å². The first-order chi connectivity index (χ1) is 9.79. The van der Waals surface area contributed by atoms with Crippen molar-refractivity contribution < 1.29 is 0 Å². The van der Waals surface area contributed by atoms with Crippen LogP contribution < -0.4 is 15.2 Å². The Morgan fingerprint density at radius 3 is 3.10 bits per heavy atom. The van der Waals surface area contributed by atoms with Crippen molar-refractivity contribution in [2.75, 3.05) is 5.32 Å². The highest BCUT2D eigenvalue weighted by molar-refractivity contribution is 7.13. The Hall–Kier alpha value is -2.20. The number of allylic oxidation sites excluding steroid dienone is 4. The van der Waals surface area contributed by atoms with E-state index in [1.54, 1.807) is 11.3 Å². The minimum Gasteiger partial charge on any atom is -0.316 e. The van der Waals surface area contributed by atoms with Crippen LogP contribution in [0.1, 0.15) is 12.0 Å². The molecule has 0 saturated heterocycles. The minimum absolute atomic E-state index is 0.840. The molecule has 2 aromatic heterocycles. The molecule has 0 aromatic carbocycles. The standard InChI is InChI=1S/C16H13N3S/c1-10-6-7-14(17-9-10)18-16-19-15-12-5-3-2-4-11(12)8-13(15)20-16/h2-4,6-9H,5H2,1H3,(H,17,18,19). The lowest BCUT2D eigenvalue weighted by molar-refractivity contribution is 1.22. The lowest BCUT2D eigenvalue weighted by Gasteiger charge is -2.05. The molecule has 4 rings (SSSR count). The molecule has 2 aliphatic carbocycles. The van der Waals surface area contributed by atoms with Crippen LogP contribution in [0.3, 0.4) is 0 Å². The van der Waals surface area contributed by atoms with Gasteiger partial charge >= 0.3 is 0 Å². The maximum atomic E-state index is 4.72. The number of aromatic nitrogens is 2. The summed E-state index contributed by atoms with van der Waals surface area (Å²) in [5.41, 5.74) is 3.80. The Morgan fingerprint density at radius 2 is 2.25 bits per heavy atom. The molecule has 0 aliphatic heterocycles. The van der Waals surface area contributed by atoms with Crippen LogP contribution in [-0.2, 0) is 0 Å². The van der Waals surface area contributed by atoms with Crippen LogP contribution in [0.15, 0.2) is 42.1 Å². The number of fused-ring (bicyclic) bond motifs is 2. The normalized spacial score (nSPS) is 15.4. The van der Waals surface area contributed by atoms with Gasteiger partial charge in [-0.1, -0.05) is 35.6 Å². The fraction of sp³-hybridized carbons (Fsp3) is 0.125. The molecule has 1 N–H and O–H groups in total. The summed E-state index contributed by atoms with van der Waals surface area (Å²) in [6.07, 6.45) is 11.5. The van der Waals surface area contributed by atoms with Crippen molar-refractivity contribution in [1.29, 1.82) is 0 Å². The summed E-state index contributed by atoms with van der Waals surface area (Å²) in [7, 11) is 0. The summed E-state index contributed by atoms with van der Waals surface area (Å²) in [5.74, 6) is 0.840. The van der Waals surface area contributed by atoms with Gasteiger partial charge in [-0.2, -0.15) is 0 Å². The third-order valence-electron chi connectivity index (χ3n) is 3.45. The zero-order chi connectivity index (χ0) is 13.5. The van der Waals surface area contributed by atoms with Crippen LogP contribution in [0, 0.1) is 6.92 Å². The largest absolute Gasteiger partial charge is 0.316 e. The molecule has 0 spiro atoms. The van der Waals surface area contributed by atoms with Crippen molar-refractivity contribution in [3.8, 4) is 0 Å². The van der Waals surface area contributed by atoms with E-state index in [1.165, 1.54) is 15.7 Å². The number of pyridine rings is 1. The highest BCUT2D eigenvalue weighted by Crippen LogP contribution is 2.24. The van der Waals surface area contributed by atoms with E-state index in [0.29, 0.717) is 0 Å². The van der Waals surface area contributed by atoms with Crippen LogP contribution in [-0.4, -0.2) is 9.97 Å². The van der Waals surface area contributed by atoms with Crippen LogP contribution in [0.25, 0.3) is 11.6 Å².